The van der Waals surface area contributed by atoms with Crippen molar-refractivity contribution in [2.75, 3.05) is 16.8 Å². The molecule has 1 aliphatic carbocycles. The number of nitrogen functional groups attached to an aromatic ring is 2. The van der Waals surface area contributed by atoms with Crippen molar-refractivity contribution in [1.29, 1.82) is 0 Å². The van der Waals surface area contributed by atoms with Crippen LogP contribution in [-0.2, 0) is 0 Å². The third kappa shape index (κ3) is 6.25. The number of amides is 1. The van der Waals surface area contributed by atoms with Gasteiger partial charge in [0.1, 0.15) is 0 Å². The maximum atomic E-state index is 12.6. The molecule has 1 aliphatic rings. The van der Waals surface area contributed by atoms with Crippen LogP contribution < -0.4 is 16.8 Å². The highest BCUT2D eigenvalue weighted by Crippen LogP contribution is 2.37. The Hall–Kier alpha value is -2.49. The zero-order chi connectivity index (χ0) is 21.3. The Kier molecular flexibility index (Phi) is 8.18. The summed E-state index contributed by atoms with van der Waals surface area (Å²) in [6.07, 6.45) is 13.5. The lowest BCUT2D eigenvalue weighted by Gasteiger charge is -2.29. The summed E-state index contributed by atoms with van der Waals surface area (Å²) >= 11 is 0. The van der Waals surface area contributed by atoms with E-state index in [1.807, 2.05) is 12.1 Å². The van der Waals surface area contributed by atoms with Crippen LogP contribution in [0.2, 0.25) is 0 Å². The standard InChI is InChI=1S/C26H37N3O/c1-2-3-4-5-6-7-19-8-10-20(11-9-19)21-12-14-22(15-13-21)26(30)29-25-17-16-23(27)18-24(25)28/h12-20H,2-11,27-28H2,1H3,(H,29,30). The average Bonchev–Trinajstić information content (AvgIpc) is 2.76. The minimum Gasteiger partial charge on any atom is -0.399 e. The quantitative estimate of drug-likeness (QED) is 0.318. The molecule has 0 atom stereocenters. The Morgan fingerprint density at radius 3 is 2.30 bits per heavy atom. The van der Waals surface area contributed by atoms with Gasteiger partial charge in [-0.15, -0.1) is 0 Å². The lowest BCUT2D eigenvalue weighted by molar-refractivity contribution is 0.102. The van der Waals surface area contributed by atoms with Crippen molar-refractivity contribution in [2.24, 2.45) is 5.92 Å². The van der Waals surface area contributed by atoms with Gasteiger partial charge in [-0.3, -0.25) is 4.79 Å². The number of benzene rings is 2. The maximum Gasteiger partial charge on any atom is 0.255 e. The van der Waals surface area contributed by atoms with E-state index in [1.54, 1.807) is 18.2 Å². The van der Waals surface area contributed by atoms with E-state index in [0.717, 1.165) is 5.92 Å². The van der Waals surface area contributed by atoms with Crippen LogP contribution in [0.15, 0.2) is 42.5 Å². The Balaban J connectivity index is 1.47. The average molecular weight is 408 g/mol. The van der Waals surface area contributed by atoms with Gasteiger partial charge < -0.3 is 16.8 Å². The van der Waals surface area contributed by atoms with Crippen LogP contribution in [0.4, 0.5) is 17.1 Å². The molecule has 0 heterocycles. The molecule has 4 nitrogen and oxygen atoms in total. The highest BCUT2D eigenvalue weighted by Gasteiger charge is 2.22. The van der Waals surface area contributed by atoms with E-state index < -0.39 is 0 Å². The highest BCUT2D eigenvalue weighted by molar-refractivity contribution is 6.05. The number of anilines is 3. The molecule has 0 radical (unpaired) electrons. The summed E-state index contributed by atoms with van der Waals surface area (Å²) in [6, 6.07) is 13.2. The first-order valence-corrected chi connectivity index (χ1v) is 11.6. The second-order valence-corrected chi connectivity index (χ2v) is 8.84. The fourth-order valence-electron chi connectivity index (χ4n) is 4.62. The Bertz CT molecular complexity index is 808. The first-order chi connectivity index (χ1) is 14.6. The van der Waals surface area contributed by atoms with E-state index in [9.17, 15) is 4.79 Å². The van der Waals surface area contributed by atoms with Crippen LogP contribution in [0.5, 0.6) is 0 Å². The van der Waals surface area contributed by atoms with Gasteiger partial charge in [-0.2, -0.15) is 0 Å². The summed E-state index contributed by atoms with van der Waals surface area (Å²) in [4.78, 5) is 12.6. The van der Waals surface area contributed by atoms with Gasteiger partial charge in [0.05, 0.1) is 11.4 Å². The van der Waals surface area contributed by atoms with E-state index in [4.69, 9.17) is 11.5 Å². The minimum atomic E-state index is -0.148. The summed E-state index contributed by atoms with van der Waals surface area (Å²) in [7, 11) is 0. The molecule has 2 aromatic rings. The molecule has 0 spiro atoms. The molecule has 1 amide bonds. The van der Waals surface area contributed by atoms with Gasteiger partial charge in [-0.05, 0) is 73.4 Å². The van der Waals surface area contributed by atoms with Crippen molar-refractivity contribution < 1.29 is 4.79 Å². The lowest BCUT2D eigenvalue weighted by Crippen LogP contribution is -2.15. The van der Waals surface area contributed by atoms with E-state index in [-0.39, 0.29) is 5.91 Å². The van der Waals surface area contributed by atoms with E-state index >= 15 is 0 Å². The van der Waals surface area contributed by atoms with Crippen LogP contribution in [0.3, 0.4) is 0 Å². The minimum absolute atomic E-state index is 0.148. The molecule has 0 saturated heterocycles. The van der Waals surface area contributed by atoms with Gasteiger partial charge in [-0.1, -0.05) is 57.6 Å². The van der Waals surface area contributed by atoms with Gasteiger partial charge in [-0.25, -0.2) is 0 Å². The molecule has 2 aromatic carbocycles. The van der Waals surface area contributed by atoms with Crippen LogP contribution in [0.1, 0.15) is 93.0 Å². The van der Waals surface area contributed by atoms with Crippen LogP contribution in [0, 0.1) is 5.92 Å². The second-order valence-electron chi connectivity index (χ2n) is 8.84. The number of nitrogens with two attached hydrogens (primary N) is 2. The molecule has 3 rings (SSSR count). The molecular formula is C26H37N3O. The molecule has 1 saturated carbocycles. The molecule has 0 unspecified atom stereocenters. The molecular weight excluding hydrogens is 370 g/mol. The summed E-state index contributed by atoms with van der Waals surface area (Å²) in [5, 5.41) is 2.87. The third-order valence-corrected chi connectivity index (χ3v) is 6.53. The monoisotopic (exact) mass is 407 g/mol. The number of carbonyl (C=O) groups is 1. The highest BCUT2D eigenvalue weighted by atomic mass is 16.1. The van der Waals surface area contributed by atoms with Crippen LogP contribution in [-0.4, -0.2) is 5.91 Å². The number of carbonyl (C=O) groups excluding carboxylic acids is 1. The van der Waals surface area contributed by atoms with Crippen LogP contribution >= 0.6 is 0 Å². The Morgan fingerprint density at radius 2 is 1.63 bits per heavy atom. The largest absolute Gasteiger partial charge is 0.399 e. The van der Waals surface area contributed by atoms with Crippen molar-refractivity contribution >= 4 is 23.0 Å². The smallest absolute Gasteiger partial charge is 0.255 e. The summed E-state index contributed by atoms with van der Waals surface area (Å²) in [5.41, 5.74) is 15.3. The summed E-state index contributed by atoms with van der Waals surface area (Å²) < 4.78 is 0. The second kappa shape index (κ2) is 11.1. The zero-order valence-corrected chi connectivity index (χ0v) is 18.3. The molecule has 162 valence electrons. The maximum absolute atomic E-state index is 12.6. The summed E-state index contributed by atoms with van der Waals surface area (Å²) in [5.74, 6) is 1.40. The fraction of sp³-hybridized carbons (Fsp3) is 0.500. The molecule has 0 bridgehead atoms. The number of unbranched alkanes of at least 4 members (excludes halogenated alkanes) is 4. The van der Waals surface area contributed by atoms with Crippen molar-refractivity contribution in [2.45, 2.75) is 77.0 Å². The first kappa shape index (κ1) is 22.2. The van der Waals surface area contributed by atoms with E-state index in [1.165, 1.54) is 69.8 Å². The van der Waals surface area contributed by atoms with Crippen LogP contribution in [0.25, 0.3) is 0 Å². The van der Waals surface area contributed by atoms with Crippen molar-refractivity contribution in [3.8, 4) is 0 Å². The molecule has 1 fully saturated rings. The van der Waals surface area contributed by atoms with Gasteiger partial charge in [0.25, 0.3) is 5.91 Å². The molecule has 0 aromatic heterocycles. The predicted octanol–water partition coefficient (Wildman–Crippen LogP) is 6.74. The number of hydrogen-bond acceptors (Lipinski definition) is 3. The molecule has 0 aliphatic heterocycles. The van der Waals surface area contributed by atoms with Crippen molar-refractivity contribution in [3.63, 3.8) is 0 Å². The number of hydrogen-bond donors (Lipinski definition) is 3. The van der Waals surface area contributed by atoms with Crippen molar-refractivity contribution in [1.82, 2.24) is 0 Å². The normalized spacial score (nSPS) is 18.8. The van der Waals surface area contributed by atoms with Gasteiger partial charge in [0, 0.05) is 11.3 Å². The van der Waals surface area contributed by atoms with E-state index in [0.29, 0.717) is 28.5 Å². The summed E-state index contributed by atoms with van der Waals surface area (Å²) in [6.45, 7) is 2.27. The lowest BCUT2D eigenvalue weighted by atomic mass is 9.77. The SMILES string of the molecule is CCCCCCCC1CCC(c2ccc(C(=O)Nc3ccc(N)cc3N)cc2)CC1. The third-order valence-electron chi connectivity index (χ3n) is 6.53. The predicted molar refractivity (Wildman–Crippen MR) is 128 cm³/mol. The first-order valence-electron chi connectivity index (χ1n) is 11.6. The number of rotatable bonds is 9. The number of nitrogens with one attached hydrogen (secondary N) is 1. The topological polar surface area (TPSA) is 81.1 Å². The van der Waals surface area contributed by atoms with Gasteiger partial charge >= 0.3 is 0 Å². The van der Waals surface area contributed by atoms with Gasteiger partial charge in [0.2, 0.25) is 0 Å². The molecule has 30 heavy (non-hydrogen) atoms. The fourth-order valence-corrected chi connectivity index (χ4v) is 4.62. The van der Waals surface area contributed by atoms with Crippen molar-refractivity contribution in [3.05, 3.63) is 53.6 Å². The van der Waals surface area contributed by atoms with Gasteiger partial charge in [0.15, 0.2) is 0 Å². The Morgan fingerprint density at radius 1 is 0.933 bits per heavy atom. The Labute approximate surface area is 181 Å². The molecule has 5 N–H and O–H groups in total. The van der Waals surface area contributed by atoms with E-state index in [2.05, 4.69) is 24.4 Å². The zero-order valence-electron chi connectivity index (χ0n) is 18.3. The molecule has 4 heteroatoms.